The number of nitrogens with zero attached hydrogens (tertiary/aromatic N) is 1. The van der Waals surface area contributed by atoms with E-state index in [0.29, 0.717) is 5.75 Å². The van der Waals surface area contributed by atoms with Gasteiger partial charge in [-0.15, -0.1) is 0 Å². The molecular formula is C17H30N2O. The molecule has 1 unspecified atom stereocenters. The molecule has 1 aromatic carbocycles. The standard InChI is InChI=1S/C17H30N2O/c1-5-7-8-12-19(4)15-9-10-16(17(20)13-15)14(3)18-11-6-2/h9-10,13-14,18,20H,5-8,11-12H2,1-4H3. The van der Waals surface area contributed by atoms with E-state index in [1.165, 1.54) is 19.3 Å². The van der Waals surface area contributed by atoms with Crippen LogP contribution in [0.1, 0.15) is 58.1 Å². The largest absolute Gasteiger partial charge is 0.508 e. The van der Waals surface area contributed by atoms with E-state index in [9.17, 15) is 5.11 Å². The van der Waals surface area contributed by atoms with Crippen LogP contribution in [0.3, 0.4) is 0 Å². The van der Waals surface area contributed by atoms with E-state index in [0.717, 1.165) is 30.8 Å². The molecule has 1 atom stereocenters. The number of rotatable bonds is 9. The van der Waals surface area contributed by atoms with Crippen LogP contribution in [0.4, 0.5) is 5.69 Å². The fourth-order valence-electron chi connectivity index (χ4n) is 2.33. The summed E-state index contributed by atoms with van der Waals surface area (Å²) in [6, 6.07) is 6.21. The van der Waals surface area contributed by atoms with Crippen molar-refractivity contribution in [3.05, 3.63) is 23.8 Å². The number of nitrogens with one attached hydrogen (secondary N) is 1. The number of hydrogen-bond donors (Lipinski definition) is 2. The van der Waals surface area contributed by atoms with E-state index in [1.807, 2.05) is 12.1 Å². The van der Waals surface area contributed by atoms with Crippen LogP contribution in [-0.2, 0) is 0 Å². The van der Waals surface area contributed by atoms with Gasteiger partial charge in [0.25, 0.3) is 0 Å². The molecule has 3 nitrogen and oxygen atoms in total. The first kappa shape index (κ1) is 16.8. The average Bonchev–Trinajstić information content (AvgIpc) is 2.44. The molecule has 0 fully saturated rings. The Bertz CT molecular complexity index is 393. The van der Waals surface area contributed by atoms with Gasteiger partial charge in [0, 0.05) is 37.0 Å². The third kappa shape index (κ3) is 5.04. The molecule has 0 bridgehead atoms. The highest BCUT2D eigenvalue weighted by molar-refractivity contribution is 5.53. The molecule has 0 aliphatic carbocycles. The van der Waals surface area contributed by atoms with E-state index in [1.54, 1.807) is 0 Å². The first-order chi connectivity index (χ1) is 9.60. The van der Waals surface area contributed by atoms with Gasteiger partial charge in [-0.25, -0.2) is 0 Å². The maximum Gasteiger partial charge on any atom is 0.122 e. The zero-order valence-corrected chi connectivity index (χ0v) is 13.4. The molecule has 114 valence electrons. The van der Waals surface area contributed by atoms with Crippen LogP contribution in [-0.4, -0.2) is 25.2 Å². The van der Waals surface area contributed by atoms with Crippen molar-refractivity contribution in [3.63, 3.8) is 0 Å². The van der Waals surface area contributed by atoms with Gasteiger partial charge in [-0.2, -0.15) is 0 Å². The highest BCUT2D eigenvalue weighted by atomic mass is 16.3. The van der Waals surface area contributed by atoms with Gasteiger partial charge in [0.1, 0.15) is 5.75 Å². The number of aromatic hydroxyl groups is 1. The van der Waals surface area contributed by atoms with E-state index >= 15 is 0 Å². The minimum absolute atomic E-state index is 0.189. The summed E-state index contributed by atoms with van der Waals surface area (Å²) in [4.78, 5) is 2.21. The normalized spacial score (nSPS) is 12.4. The van der Waals surface area contributed by atoms with Crippen molar-refractivity contribution in [1.29, 1.82) is 0 Å². The maximum absolute atomic E-state index is 10.2. The van der Waals surface area contributed by atoms with E-state index < -0.39 is 0 Å². The number of phenols is 1. The SMILES string of the molecule is CCCCCN(C)c1ccc(C(C)NCCC)c(O)c1. The minimum atomic E-state index is 0.189. The summed E-state index contributed by atoms with van der Waals surface area (Å²) in [7, 11) is 2.09. The molecule has 3 heteroatoms. The van der Waals surface area contributed by atoms with Crippen LogP contribution in [0.5, 0.6) is 5.75 Å². The molecule has 0 radical (unpaired) electrons. The fourth-order valence-corrected chi connectivity index (χ4v) is 2.33. The van der Waals surface area contributed by atoms with Crippen molar-refractivity contribution in [2.24, 2.45) is 0 Å². The van der Waals surface area contributed by atoms with Crippen molar-refractivity contribution < 1.29 is 5.11 Å². The molecule has 0 spiro atoms. The van der Waals surface area contributed by atoms with E-state index in [4.69, 9.17) is 0 Å². The summed E-state index contributed by atoms with van der Waals surface area (Å²) in [6.07, 6.45) is 4.79. The van der Waals surface area contributed by atoms with Crippen LogP contribution in [0.15, 0.2) is 18.2 Å². The molecule has 20 heavy (non-hydrogen) atoms. The van der Waals surface area contributed by atoms with Gasteiger partial charge in [0.15, 0.2) is 0 Å². The number of unbranched alkanes of at least 4 members (excludes halogenated alkanes) is 2. The second kappa shape index (κ2) is 8.85. The van der Waals surface area contributed by atoms with Gasteiger partial charge in [-0.05, 0) is 32.4 Å². The Labute approximate surface area is 124 Å². The van der Waals surface area contributed by atoms with Crippen molar-refractivity contribution in [3.8, 4) is 5.75 Å². The van der Waals surface area contributed by atoms with Gasteiger partial charge >= 0.3 is 0 Å². The number of benzene rings is 1. The quantitative estimate of drug-likeness (QED) is 0.668. The van der Waals surface area contributed by atoms with Gasteiger partial charge in [0.2, 0.25) is 0 Å². The maximum atomic E-state index is 10.2. The van der Waals surface area contributed by atoms with Crippen molar-refractivity contribution >= 4 is 5.69 Å². The predicted molar refractivity (Wildman–Crippen MR) is 87.6 cm³/mol. The lowest BCUT2D eigenvalue weighted by atomic mass is 10.1. The first-order valence-electron chi connectivity index (χ1n) is 7.87. The molecule has 0 aliphatic heterocycles. The van der Waals surface area contributed by atoms with E-state index in [-0.39, 0.29) is 6.04 Å². The monoisotopic (exact) mass is 278 g/mol. The minimum Gasteiger partial charge on any atom is -0.508 e. The molecule has 0 heterocycles. The van der Waals surface area contributed by atoms with Crippen molar-refractivity contribution in [2.45, 2.75) is 52.5 Å². The van der Waals surface area contributed by atoms with Gasteiger partial charge in [-0.1, -0.05) is 32.8 Å². The highest BCUT2D eigenvalue weighted by Crippen LogP contribution is 2.28. The zero-order valence-electron chi connectivity index (χ0n) is 13.4. The smallest absolute Gasteiger partial charge is 0.122 e. The Morgan fingerprint density at radius 2 is 1.95 bits per heavy atom. The number of phenolic OH excluding ortho intramolecular Hbond substituents is 1. The Morgan fingerprint density at radius 1 is 1.20 bits per heavy atom. The molecule has 1 aromatic rings. The number of hydrogen-bond acceptors (Lipinski definition) is 3. The summed E-state index contributed by atoms with van der Waals surface area (Å²) in [6.45, 7) is 8.46. The molecule has 0 aromatic heterocycles. The summed E-state index contributed by atoms with van der Waals surface area (Å²) in [5.41, 5.74) is 2.06. The van der Waals surface area contributed by atoms with Gasteiger partial charge in [0.05, 0.1) is 0 Å². The average molecular weight is 278 g/mol. The van der Waals surface area contributed by atoms with Crippen LogP contribution < -0.4 is 10.2 Å². The lowest BCUT2D eigenvalue weighted by Crippen LogP contribution is -2.20. The second-order valence-electron chi connectivity index (χ2n) is 5.55. The molecule has 1 rings (SSSR count). The molecule has 0 saturated heterocycles. The van der Waals surface area contributed by atoms with Gasteiger partial charge < -0.3 is 15.3 Å². The molecule has 0 saturated carbocycles. The van der Waals surface area contributed by atoms with Crippen LogP contribution >= 0.6 is 0 Å². The predicted octanol–water partition coefficient (Wildman–Crippen LogP) is 4.08. The molecule has 0 amide bonds. The third-order valence-corrected chi connectivity index (χ3v) is 3.72. The van der Waals surface area contributed by atoms with Crippen LogP contribution in [0, 0.1) is 0 Å². The first-order valence-corrected chi connectivity index (χ1v) is 7.87. The van der Waals surface area contributed by atoms with Crippen molar-refractivity contribution in [2.75, 3.05) is 25.0 Å². The zero-order chi connectivity index (χ0) is 15.0. The Hall–Kier alpha value is -1.22. The molecular weight excluding hydrogens is 248 g/mol. The summed E-state index contributed by atoms with van der Waals surface area (Å²) in [5.74, 6) is 0.390. The highest BCUT2D eigenvalue weighted by Gasteiger charge is 2.11. The van der Waals surface area contributed by atoms with E-state index in [2.05, 4.69) is 44.1 Å². The Kier molecular flexibility index (Phi) is 7.45. The molecule has 0 aliphatic rings. The van der Waals surface area contributed by atoms with Crippen molar-refractivity contribution in [1.82, 2.24) is 5.32 Å². The van der Waals surface area contributed by atoms with Crippen LogP contribution in [0.2, 0.25) is 0 Å². The lowest BCUT2D eigenvalue weighted by Gasteiger charge is -2.21. The molecule has 2 N–H and O–H groups in total. The summed E-state index contributed by atoms with van der Waals surface area (Å²) >= 11 is 0. The van der Waals surface area contributed by atoms with Gasteiger partial charge in [-0.3, -0.25) is 0 Å². The summed E-state index contributed by atoms with van der Waals surface area (Å²) < 4.78 is 0. The van der Waals surface area contributed by atoms with Crippen LogP contribution in [0.25, 0.3) is 0 Å². The Morgan fingerprint density at radius 3 is 2.55 bits per heavy atom. The number of anilines is 1. The Balaban J connectivity index is 2.66. The third-order valence-electron chi connectivity index (χ3n) is 3.72. The fraction of sp³-hybridized carbons (Fsp3) is 0.647. The topological polar surface area (TPSA) is 35.5 Å². The summed E-state index contributed by atoms with van der Waals surface area (Å²) in [5, 5.41) is 13.6. The second-order valence-corrected chi connectivity index (χ2v) is 5.55. The lowest BCUT2D eigenvalue weighted by molar-refractivity contribution is 0.452.